The average Bonchev–Trinajstić information content (AvgIpc) is 2.66. The van der Waals surface area contributed by atoms with Crippen molar-refractivity contribution in [1.82, 2.24) is 4.98 Å². The largest absolute Gasteiger partial charge is 0.489 e. The fraction of sp³-hybridized carbons (Fsp3) is 0.550. The van der Waals surface area contributed by atoms with Crippen molar-refractivity contribution in [2.75, 3.05) is 0 Å². The molecule has 4 nitrogen and oxygen atoms in total. The summed E-state index contributed by atoms with van der Waals surface area (Å²) in [5.74, 6) is 0.638. The van der Waals surface area contributed by atoms with E-state index in [1.165, 1.54) is 0 Å². The predicted octanol–water partition coefficient (Wildman–Crippen LogP) is 5.40. The Kier molecular flexibility index (Phi) is 6.00. The highest BCUT2D eigenvalue weighted by Gasteiger charge is 2.38. The van der Waals surface area contributed by atoms with Gasteiger partial charge < -0.3 is 15.5 Å². The van der Waals surface area contributed by atoms with E-state index in [2.05, 4.69) is 34.8 Å². The Balaban J connectivity index is 1.79. The van der Waals surface area contributed by atoms with Gasteiger partial charge in [-0.25, -0.2) is 0 Å². The Morgan fingerprint density at radius 1 is 1.35 bits per heavy atom. The van der Waals surface area contributed by atoms with E-state index in [0.717, 1.165) is 48.4 Å². The van der Waals surface area contributed by atoms with E-state index < -0.39 is 0 Å². The summed E-state index contributed by atoms with van der Waals surface area (Å²) in [6.07, 6.45) is 8.02. The second kappa shape index (κ2) is 7.91. The number of aromatic nitrogens is 1. The number of hydrogen-bond donors (Lipinski definition) is 2. The number of rotatable bonds is 5. The third-order valence-corrected chi connectivity index (χ3v) is 7.01. The average molecular weight is 442 g/mol. The van der Waals surface area contributed by atoms with Gasteiger partial charge in [-0.2, -0.15) is 0 Å². The highest BCUT2D eigenvalue weighted by atomic mass is 79.9. The molecule has 1 saturated carbocycles. The van der Waals surface area contributed by atoms with Gasteiger partial charge >= 0.3 is 0 Å². The fourth-order valence-electron chi connectivity index (χ4n) is 4.20. The van der Waals surface area contributed by atoms with Crippen molar-refractivity contribution in [3.63, 3.8) is 0 Å². The van der Waals surface area contributed by atoms with E-state index >= 15 is 0 Å². The van der Waals surface area contributed by atoms with Gasteiger partial charge in [0.1, 0.15) is 5.75 Å². The molecule has 26 heavy (non-hydrogen) atoms. The molecule has 1 atom stereocenters. The van der Waals surface area contributed by atoms with Crippen molar-refractivity contribution in [1.29, 1.82) is 0 Å². The number of H-pyrrole nitrogens is 1. The first-order valence-corrected chi connectivity index (χ1v) is 10.5. The van der Waals surface area contributed by atoms with Crippen LogP contribution in [-0.4, -0.2) is 17.1 Å². The van der Waals surface area contributed by atoms with Crippen LogP contribution in [-0.2, 0) is 0 Å². The Morgan fingerprint density at radius 3 is 2.65 bits per heavy atom. The molecule has 0 spiro atoms. The van der Waals surface area contributed by atoms with Gasteiger partial charge in [0, 0.05) is 27.5 Å². The fourth-order valence-corrected chi connectivity index (χ4v) is 4.85. The molecule has 0 aliphatic heterocycles. The first kappa shape index (κ1) is 19.7. The number of halogens is 2. The highest BCUT2D eigenvalue weighted by Crippen LogP contribution is 2.44. The van der Waals surface area contributed by atoms with E-state index in [9.17, 15) is 4.79 Å². The minimum Gasteiger partial charge on any atom is -0.489 e. The maximum atomic E-state index is 12.0. The zero-order valence-electron chi connectivity index (χ0n) is 15.3. The SMILES string of the molecule is CC[C@@H](N)[C@]1(CC)CC[C@@H](Oc2cc3c(Br)c[nH]c(=O)c3cc2Cl)CC1. The van der Waals surface area contributed by atoms with Crippen LogP contribution in [0, 0.1) is 5.41 Å². The molecule has 142 valence electrons. The highest BCUT2D eigenvalue weighted by molar-refractivity contribution is 9.10. The van der Waals surface area contributed by atoms with Crippen LogP contribution in [0.3, 0.4) is 0 Å². The first-order chi connectivity index (χ1) is 12.4. The van der Waals surface area contributed by atoms with Crippen LogP contribution < -0.4 is 16.0 Å². The summed E-state index contributed by atoms with van der Waals surface area (Å²) < 4.78 is 7.05. The van der Waals surface area contributed by atoms with E-state index in [1.54, 1.807) is 12.3 Å². The molecule has 2 aromatic rings. The molecule has 1 aliphatic carbocycles. The number of hydrogen-bond acceptors (Lipinski definition) is 3. The van der Waals surface area contributed by atoms with Crippen LogP contribution >= 0.6 is 27.5 Å². The third-order valence-electron chi connectivity index (χ3n) is 6.06. The van der Waals surface area contributed by atoms with Crippen molar-refractivity contribution in [2.24, 2.45) is 11.1 Å². The van der Waals surface area contributed by atoms with Gasteiger partial charge in [-0.05, 0) is 72.0 Å². The second-order valence-corrected chi connectivity index (χ2v) is 8.60. The molecule has 0 saturated heterocycles. The minimum atomic E-state index is -0.157. The molecule has 0 unspecified atom stereocenters. The molecule has 0 bridgehead atoms. The van der Waals surface area contributed by atoms with Crippen molar-refractivity contribution in [3.05, 3.63) is 38.2 Å². The van der Waals surface area contributed by atoms with Crippen LogP contribution in [0.15, 0.2) is 27.6 Å². The normalized spacial score (nSPS) is 24.6. The minimum absolute atomic E-state index is 0.134. The van der Waals surface area contributed by atoms with Gasteiger partial charge in [0.2, 0.25) is 0 Å². The summed E-state index contributed by atoms with van der Waals surface area (Å²) >= 11 is 9.87. The molecule has 3 N–H and O–H groups in total. The molecular formula is C20H26BrClN2O2. The number of nitrogens with two attached hydrogens (primary N) is 1. The standard InChI is InChI=1S/C20H26BrClN2O2/c1-3-18(23)20(4-2)7-5-12(6-8-20)26-17-10-13-14(9-16(17)22)19(25)24-11-15(13)21/h9-12,18H,3-8,23H2,1-2H3,(H,24,25)/t12-,18-,20-/m1/s1. The van der Waals surface area contributed by atoms with Crippen LogP contribution in [0.5, 0.6) is 5.75 Å². The molecule has 1 fully saturated rings. The summed E-state index contributed by atoms with van der Waals surface area (Å²) in [7, 11) is 0. The number of ether oxygens (including phenoxy) is 1. The smallest absolute Gasteiger partial charge is 0.255 e. The Hall–Kier alpha value is -1.04. The lowest BCUT2D eigenvalue weighted by Gasteiger charge is -2.43. The van der Waals surface area contributed by atoms with E-state index in [1.807, 2.05) is 6.07 Å². The van der Waals surface area contributed by atoms with Crippen LogP contribution in [0.25, 0.3) is 10.8 Å². The van der Waals surface area contributed by atoms with Gasteiger partial charge in [-0.15, -0.1) is 0 Å². The van der Waals surface area contributed by atoms with Crippen molar-refractivity contribution < 1.29 is 4.74 Å². The maximum absolute atomic E-state index is 12.0. The van der Waals surface area contributed by atoms with Crippen molar-refractivity contribution in [3.8, 4) is 5.75 Å². The topological polar surface area (TPSA) is 68.1 Å². The van der Waals surface area contributed by atoms with E-state index in [4.69, 9.17) is 22.1 Å². The molecule has 6 heteroatoms. The van der Waals surface area contributed by atoms with E-state index in [-0.39, 0.29) is 23.1 Å². The summed E-state index contributed by atoms with van der Waals surface area (Å²) in [5, 5.41) is 1.83. The van der Waals surface area contributed by atoms with Gasteiger partial charge in [-0.1, -0.05) is 25.4 Å². The lowest BCUT2D eigenvalue weighted by Crippen LogP contribution is -2.45. The summed E-state index contributed by atoms with van der Waals surface area (Å²) in [5.41, 5.74) is 6.49. The monoisotopic (exact) mass is 440 g/mol. The Labute approximate surface area is 167 Å². The molecule has 0 radical (unpaired) electrons. The number of aromatic amines is 1. The van der Waals surface area contributed by atoms with E-state index in [0.29, 0.717) is 16.2 Å². The zero-order valence-corrected chi connectivity index (χ0v) is 17.6. The molecule has 1 aromatic carbocycles. The van der Waals surface area contributed by atoms with Crippen molar-refractivity contribution >= 4 is 38.3 Å². The number of benzene rings is 1. The number of nitrogens with one attached hydrogen (secondary N) is 1. The second-order valence-electron chi connectivity index (χ2n) is 7.34. The lowest BCUT2D eigenvalue weighted by atomic mass is 9.66. The van der Waals surface area contributed by atoms with Crippen LogP contribution in [0.2, 0.25) is 5.02 Å². The number of pyridine rings is 1. The van der Waals surface area contributed by atoms with Gasteiger partial charge in [0.25, 0.3) is 5.56 Å². The molecule has 1 aromatic heterocycles. The zero-order chi connectivity index (χ0) is 18.9. The predicted molar refractivity (Wildman–Crippen MR) is 111 cm³/mol. The third kappa shape index (κ3) is 3.67. The van der Waals surface area contributed by atoms with Crippen molar-refractivity contribution in [2.45, 2.75) is 64.5 Å². The Bertz CT molecular complexity index is 844. The van der Waals surface area contributed by atoms with Gasteiger partial charge in [-0.3, -0.25) is 4.79 Å². The molecule has 3 rings (SSSR count). The summed E-state index contributed by atoms with van der Waals surface area (Å²) in [6, 6.07) is 3.79. The Morgan fingerprint density at radius 2 is 2.04 bits per heavy atom. The quantitative estimate of drug-likeness (QED) is 0.653. The molecule has 1 heterocycles. The van der Waals surface area contributed by atoms with Crippen LogP contribution in [0.1, 0.15) is 52.4 Å². The lowest BCUT2D eigenvalue weighted by molar-refractivity contribution is 0.0569. The summed E-state index contributed by atoms with van der Waals surface area (Å²) in [4.78, 5) is 14.7. The van der Waals surface area contributed by atoms with Gasteiger partial charge in [0.15, 0.2) is 0 Å². The molecule has 1 aliphatic rings. The van der Waals surface area contributed by atoms with Crippen LogP contribution in [0.4, 0.5) is 0 Å². The summed E-state index contributed by atoms with van der Waals surface area (Å²) in [6.45, 7) is 4.41. The molecule has 0 amide bonds. The molecular weight excluding hydrogens is 416 g/mol. The number of fused-ring (bicyclic) bond motifs is 1. The maximum Gasteiger partial charge on any atom is 0.255 e. The first-order valence-electron chi connectivity index (χ1n) is 9.33. The van der Waals surface area contributed by atoms with Gasteiger partial charge in [0.05, 0.1) is 11.1 Å².